The van der Waals surface area contributed by atoms with Crippen LogP contribution in [0.25, 0.3) is 0 Å². The molecule has 0 aliphatic carbocycles. The van der Waals surface area contributed by atoms with Gasteiger partial charge in [0.05, 0.1) is 11.6 Å². The summed E-state index contributed by atoms with van der Waals surface area (Å²) in [4.78, 5) is 0. The predicted molar refractivity (Wildman–Crippen MR) is 79.6 cm³/mol. The maximum atomic E-state index is 6.08. The Hall–Kier alpha value is -0.990. The van der Waals surface area contributed by atoms with Crippen molar-refractivity contribution in [1.82, 2.24) is 0 Å². The molecule has 0 spiro atoms. The van der Waals surface area contributed by atoms with Gasteiger partial charge in [-0.3, -0.25) is 0 Å². The van der Waals surface area contributed by atoms with E-state index in [2.05, 4.69) is 34.1 Å². The first-order chi connectivity index (χ1) is 8.70. The van der Waals surface area contributed by atoms with Crippen molar-refractivity contribution in [3.05, 3.63) is 63.1 Å². The van der Waals surface area contributed by atoms with Crippen LogP contribution in [0.5, 0.6) is 5.75 Å². The van der Waals surface area contributed by atoms with E-state index in [9.17, 15) is 0 Å². The average Bonchev–Trinajstić information content (AvgIpc) is 2.38. The third-order valence-corrected chi connectivity index (χ3v) is 4.14. The largest absolute Gasteiger partial charge is 0.494 e. The molecule has 1 nitrogen and oxygen atoms in total. The second-order valence-corrected chi connectivity index (χ2v) is 5.17. The summed E-state index contributed by atoms with van der Waals surface area (Å²) >= 11 is 9.60. The van der Waals surface area contributed by atoms with Gasteiger partial charge in [0.2, 0.25) is 0 Å². The molecule has 0 radical (unpaired) electrons. The summed E-state index contributed by atoms with van der Waals surface area (Å²) < 4.78 is 6.40. The van der Waals surface area contributed by atoms with Crippen molar-refractivity contribution in [2.45, 2.75) is 13.3 Å². The first-order valence-corrected chi connectivity index (χ1v) is 7.02. The zero-order chi connectivity index (χ0) is 13.0. The minimum Gasteiger partial charge on any atom is -0.494 e. The highest BCUT2D eigenvalue weighted by Gasteiger charge is 2.04. The van der Waals surface area contributed by atoms with Gasteiger partial charge in [-0.05, 0) is 58.6 Å². The van der Waals surface area contributed by atoms with E-state index in [-0.39, 0.29) is 0 Å². The van der Waals surface area contributed by atoms with Gasteiger partial charge in [-0.25, -0.2) is 0 Å². The van der Waals surface area contributed by atoms with Crippen LogP contribution >= 0.6 is 27.5 Å². The van der Waals surface area contributed by atoms with E-state index < -0.39 is 0 Å². The van der Waals surface area contributed by atoms with Gasteiger partial charge in [-0.2, -0.15) is 0 Å². The lowest BCUT2D eigenvalue weighted by molar-refractivity contribution is 0.340. The maximum absolute atomic E-state index is 6.08. The normalized spacial score (nSPS) is 10.4. The molecule has 0 amide bonds. The van der Waals surface area contributed by atoms with Crippen LogP contribution in [-0.2, 0) is 6.42 Å². The van der Waals surface area contributed by atoms with Crippen LogP contribution in [0.3, 0.4) is 0 Å². The van der Waals surface area contributed by atoms with Gasteiger partial charge in [-0.15, -0.1) is 0 Å². The smallest absolute Gasteiger partial charge is 0.119 e. The quantitative estimate of drug-likeness (QED) is 0.760. The van der Waals surface area contributed by atoms with Gasteiger partial charge < -0.3 is 4.74 Å². The number of hydrogen-bond acceptors (Lipinski definition) is 1. The van der Waals surface area contributed by atoms with E-state index >= 15 is 0 Å². The predicted octanol–water partition coefficient (Wildman–Crippen LogP) is 5.09. The molecule has 0 fully saturated rings. The fourth-order valence-electron chi connectivity index (χ4n) is 1.78. The van der Waals surface area contributed by atoms with Crippen LogP contribution in [0.15, 0.2) is 46.9 Å². The number of benzene rings is 2. The Balaban J connectivity index is 2.16. The lowest BCUT2D eigenvalue weighted by Gasteiger charge is -2.07. The topological polar surface area (TPSA) is 9.23 Å². The molecule has 0 bridgehead atoms. The van der Waals surface area contributed by atoms with Gasteiger partial charge in [0.25, 0.3) is 0 Å². The van der Waals surface area contributed by atoms with E-state index in [1.165, 1.54) is 11.1 Å². The average molecular weight is 326 g/mol. The van der Waals surface area contributed by atoms with E-state index in [0.717, 1.165) is 21.7 Å². The third-order valence-electron chi connectivity index (χ3n) is 2.66. The fourth-order valence-corrected chi connectivity index (χ4v) is 2.37. The highest BCUT2D eigenvalue weighted by molar-refractivity contribution is 9.10. The highest BCUT2D eigenvalue weighted by Crippen LogP contribution is 2.28. The number of ether oxygens (including phenoxy) is 1. The van der Waals surface area contributed by atoms with Crippen LogP contribution in [0.4, 0.5) is 0 Å². The minimum atomic E-state index is 0.694. The molecule has 0 saturated heterocycles. The molecule has 0 N–H and O–H groups in total. The summed E-state index contributed by atoms with van der Waals surface area (Å²) in [5.41, 5.74) is 2.42. The molecule has 94 valence electrons. The van der Waals surface area contributed by atoms with E-state index in [4.69, 9.17) is 16.3 Å². The monoisotopic (exact) mass is 324 g/mol. The first kappa shape index (κ1) is 13.4. The minimum absolute atomic E-state index is 0.694. The van der Waals surface area contributed by atoms with Gasteiger partial charge in [0.15, 0.2) is 0 Å². The summed E-state index contributed by atoms with van der Waals surface area (Å²) in [5.74, 6) is 0.909. The lowest BCUT2D eigenvalue weighted by atomic mass is 10.1. The van der Waals surface area contributed by atoms with Gasteiger partial charge >= 0.3 is 0 Å². The summed E-state index contributed by atoms with van der Waals surface area (Å²) in [7, 11) is 0. The van der Waals surface area contributed by atoms with E-state index in [0.29, 0.717) is 6.61 Å². The Bertz CT molecular complexity index is 523. The Kier molecular flexibility index (Phi) is 4.67. The molecule has 3 heteroatoms. The van der Waals surface area contributed by atoms with Crippen LogP contribution < -0.4 is 4.74 Å². The molecule has 0 aliphatic rings. The highest BCUT2D eigenvalue weighted by atomic mass is 79.9. The zero-order valence-electron chi connectivity index (χ0n) is 10.1. The van der Waals surface area contributed by atoms with E-state index in [1.54, 1.807) is 0 Å². The Morgan fingerprint density at radius 2 is 1.83 bits per heavy atom. The molecule has 0 unspecified atom stereocenters. The third kappa shape index (κ3) is 3.27. The molecule has 0 aromatic heterocycles. The lowest BCUT2D eigenvalue weighted by Crippen LogP contribution is -1.93. The van der Waals surface area contributed by atoms with Gasteiger partial charge in [0.1, 0.15) is 5.75 Å². The second-order valence-electron chi connectivity index (χ2n) is 3.97. The first-order valence-electron chi connectivity index (χ1n) is 5.85. The van der Waals surface area contributed by atoms with E-state index in [1.807, 2.05) is 31.2 Å². The molecule has 0 atom stereocenters. The van der Waals surface area contributed by atoms with Crippen molar-refractivity contribution in [2.24, 2.45) is 0 Å². The van der Waals surface area contributed by atoms with Gasteiger partial charge in [-0.1, -0.05) is 35.9 Å². The summed E-state index contributed by atoms with van der Waals surface area (Å²) in [6.45, 7) is 2.68. The Morgan fingerprint density at radius 1 is 1.11 bits per heavy atom. The van der Waals surface area contributed by atoms with Crippen LogP contribution in [-0.4, -0.2) is 6.61 Å². The second kappa shape index (κ2) is 6.26. The molecule has 2 aromatic rings. The van der Waals surface area contributed by atoms with Crippen LogP contribution in [0.2, 0.25) is 5.02 Å². The summed E-state index contributed by atoms with van der Waals surface area (Å²) in [6, 6.07) is 14.1. The maximum Gasteiger partial charge on any atom is 0.119 e. The van der Waals surface area contributed by atoms with Crippen molar-refractivity contribution >= 4 is 27.5 Å². The number of hydrogen-bond donors (Lipinski definition) is 0. The molecule has 0 aliphatic heterocycles. The summed E-state index contributed by atoms with van der Waals surface area (Å²) in [6.07, 6.45) is 0.855. The van der Waals surface area contributed by atoms with Gasteiger partial charge in [0, 0.05) is 4.47 Å². The Morgan fingerprint density at radius 3 is 2.50 bits per heavy atom. The van der Waals surface area contributed by atoms with Crippen molar-refractivity contribution in [1.29, 1.82) is 0 Å². The van der Waals surface area contributed by atoms with Crippen molar-refractivity contribution in [2.75, 3.05) is 6.61 Å². The molecular formula is C15H14BrClO. The standard InChI is InChI=1S/C15H14BrClO/c1-2-18-13-8-6-11(7-9-13)10-12-4-3-5-14(17)15(12)16/h3-9H,2,10H2,1H3. The van der Waals surface area contributed by atoms with Crippen molar-refractivity contribution in [3.63, 3.8) is 0 Å². The van der Waals surface area contributed by atoms with Crippen LogP contribution in [0.1, 0.15) is 18.1 Å². The fraction of sp³-hybridized carbons (Fsp3) is 0.200. The number of rotatable bonds is 4. The molecule has 2 aromatic carbocycles. The molecular weight excluding hydrogens is 312 g/mol. The van der Waals surface area contributed by atoms with Crippen molar-refractivity contribution in [3.8, 4) is 5.75 Å². The SMILES string of the molecule is CCOc1ccc(Cc2cccc(Cl)c2Br)cc1. The molecule has 0 saturated carbocycles. The molecule has 0 heterocycles. The van der Waals surface area contributed by atoms with Crippen molar-refractivity contribution < 1.29 is 4.74 Å². The molecule has 18 heavy (non-hydrogen) atoms. The van der Waals surface area contributed by atoms with Crippen LogP contribution in [0, 0.1) is 0 Å². The zero-order valence-corrected chi connectivity index (χ0v) is 12.5. The molecule has 2 rings (SSSR count). The Labute approximate surface area is 121 Å². The number of halogens is 2. The summed E-state index contributed by atoms with van der Waals surface area (Å²) in [5, 5.41) is 0.749.